The molecule has 3 rings (SSSR count). The molecule has 0 bridgehead atoms. The van der Waals surface area contributed by atoms with Crippen molar-refractivity contribution in [3.63, 3.8) is 0 Å². The van der Waals surface area contributed by atoms with Crippen molar-refractivity contribution < 1.29 is 14.3 Å². The van der Waals surface area contributed by atoms with Gasteiger partial charge in [0, 0.05) is 0 Å². The quantitative estimate of drug-likeness (QED) is 0.483. The van der Waals surface area contributed by atoms with Crippen LogP contribution < -0.4 is 9.47 Å². The van der Waals surface area contributed by atoms with E-state index in [4.69, 9.17) is 9.47 Å². The lowest BCUT2D eigenvalue weighted by Crippen LogP contribution is -2.09. The molecule has 0 spiro atoms. The predicted octanol–water partition coefficient (Wildman–Crippen LogP) is 5.31. The van der Waals surface area contributed by atoms with Crippen LogP contribution in [0.25, 0.3) is 0 Å². The Bertz CT molecular complexity index is 834. The highest BCUT2D eigenvalue weighted by Crippen LogP contribution is 2.26. The Morgan fingerprint density at radius 3 is 1.88 bits per heavy atom. The fraction of sp³-hybridized carbons (Fsp3) is 0.0952. The van der Waals surface area contributed by atoms with Crippen LogP contribution in [0.5, 0.6) is 17.2 Å². The number of hydrogen-bond donors (Lipinski definition) is 0. The monoisotopic (exact) mass is 318 g/mol. The molecule has 0 atom stereocenters. The highest BCUT2D eigenvalue weighted by Gasteiger charge is 2.15. The average Bonchev–Trinajstić information content (AvgIpc) is 2.59. The molecule has 120 valence electrons. The highest BCUT2D eigenvalue weighted by molar-refractivity contribution is 5.94. The summed E-state index contributed by atoms with van der Waals surface area (Å²) in [6.45, 7) is 3.99. The van der Waals surface area contributed by atoms with E-state index in [1.807, 2.05) is 56.3 Å². The van der Waals surface area contributed by atoms with E-state index in [1.54, 1.807) is 30.3 Å². The van der Waals surface area contributed by atoms with Crippen LogP contribution in [0.4, 0.5) is 0 Å². The molecule has 0 N–H and O–H groups in total. The van der Waals surface area contributed by atoms with Gasteiger partial charge in [0.15, 0.2) is 0 Å². The molecule has 0 radical (unpaired) electrons. The SMILES string of the molecule is Cc1ccc(OC(=O)c2ccccc2Oc2ccc(C)cc2)cc1. The lowest BCUT2D eigenvalue weighted by Gasteiger charge is -2.11. The van der Waals surface area contributed by atoms with Crippen molar-refractivity contribution in [3.05, 3.63) is 89.5 Å². The Kier molecular flexibility index (Phi) is 4.62. The molecule has 3 aromatic carbocycles. The van der Waals surface area contributed by atoms with Gasteiger partial charge in [-0.15, -0.1) is 0 Å². The van der Waals surface area contributed by atoms with Crippen LogP contribution in [0.2, 0.25) is 0 Å². The van der Waals surface area contributed by atoms with Crippen molar-refractivity contribution in [2.75, 3.05) is 0 Å². The minimum atomic E-state index is -0.443. The molecule has 0 amide bonds. The van der Waals surface area contributed by atoms with Gasteiger partial charge >= 0.3 is 5.97 Å². The Morgan fingerprint density at radius 1 is 0.708 bits per heavy atom. The number of carbonyl (C=O) groups is 1. The van der Waals surface area contributed by atoms with E-state index >= 15 is 0 Å². The number of esters is 1. The van der Waals surface area contributed by atoms with Gasteiger partial charge in [-0.2, -0.15) is 0 Å². The lowest BCUT2D eigenvalue weighted by atomic mass is 10.2. The number of para-hydroxylation sites is 1. The van der Waals surface area contributed by atoms with E-state index in [9.17, 15) is 4.79 Å². The summed E-state index contributed by atoms with van der Waals surface area (Å²) in [5.74, 6) is 1.21. The molecule has 24 heavy (non-hydrogen) atoms. The Balaban J connectivity index is 1.81. The van der Waals surface area contributed by atoms with Crippen LogP contribution in [0.3, 0.4) is 0 Å². The summed E-state index contributed by atoms with van der Waals surface area (Å²) in [4.78, 5) is 12.5. The summed E-state index contributed by atoms with van der Waals surface area (Å²) < 4.78 is 11.3. The first-order chi connectivity index (χ1) is 11.6. The van der Waals surface area contributed by atoms with Crippen molar-refractivity contribution in [2.45, 2.75) is 13.8 Å². The first-order valence-electron chi connectivity index (χ1n) is 7.74. The largest absolute Gasteiger partial charge is 0.456 e. The van der Waals surface area contributed by atoms with E-state index in [0.29, 0.717) is 22.8 Å². The van der Waals surface area contributed by atoms with Gasteiger partial charge in [0.05, 0.1) is 0 Å². The van der Waals surface area contributed by atoms with Gasteiger partial charge in [0.2, 0.25) is 0 Å². The van der Waals surface area contributed by atoms with Gasteiger partial charge in [-0.1, -0.05) is 47.5 Å². The summed E-state index contributed by atoms with van der Waals surface area (Å²) in [6.07, 6.45) is 0. The van der Waals surface area contributed by atoms with E-state index < -0.39 is 5.97 Å². The Morgan fingerprint density at radius 2 is 1.25 bits per heavy atom. The second-order valence-corrected chi connectivity index (χ2v) is 5.61. The van der Waals surface area contributed by atoms with Crippen LogP contribution in [-0.4, -0.2) is 5.97 Å². The number of aryl methyl sites for hydroxylation is 2. The van der Waals surface area contributed by atoms with Gasteiger partial charge in [0.25, 0.3) is 0 Å². The summed E-state index contributed by atoms with van der Waals surface area (Å²) in [7, 11) is 0. The van der Waals surface area contributed by atoms with Crippen molar-refractivity contribution in [3.8, 4) is 17.2 Å². The molecule has 0 aromatic heterocycles. The van der Waals surface area contributed by atoms with Crippen LogP contribution in [-0.2, 0) is 0 Å². The van der Waals surface area contributed by atoms with E-state index in [0.717, 1.165) is 11.1 Å². The molecule has 0 unspecified atom stereocenters. The molecule has 0 aliphatic heterocycles. The summed E-state index contributed by atoms with van der Waals surface area (Å²) in [5, 5.41) is 0. The molecular weight excluding hydrogens is 300 g/mol. The molecule has 3 aromatic rings. The summed E-state index contributed by atoms with van der Waals surface area (Å²) in [5.41, 5.74) is 2.64. The van der Waals surface area contributed by atoms with Gasteiger partial charge < -0.3 is 9.47 Å². The molecule has 0 saturated carbocycles. The fourth-order valence-corrected chi connectivity index (χ4v) is 2.23. The number of ether oxygens (including phenoxy) is 2. The molecule has 3 nitrogen and oxygen atoms in total. The zero-order valence-electron chi connectivity index (χ0n) is 13.7. The van der Waals surface area contributed by atoms with E-state index in [1.165, 1.54) is 0 Å². The van der Waals surface area contributed by atoms with Crippen LogP contribution in [0.15, 0.2) is 72.8 Å². The first-order valence-corrected chi connectivity index (χ1v) is 7.74. The van der Waals surface area contributed by atoms with Crippen molar-refractivity contribution in [1.29, 1.82) is 0 Å². The van der Waals surface area contributed by atoms with E-state index in [-0.39, 0.29) is 0 Å². The maximum absolute atomic E-state index is 12.5. The maximum Gasteiger partial charge on any atom is 0.347 e. The lowest BCUT2D eigenvalue weighted by molar-refractivity contribution is 0.0732. The van der Waals surface area contributed by atoms with Gasteiger partial charge in [0.1, 0.15) is 22.8 Å². The second kappa shape index (κ2) is 7.01. The Labute approximate surface area is 141 Å². The van der Waals surface area contributed by atoms with Crippen LogP contribution in [0.1, 0.15) is 21.5 Å². The molecule has 3 heteroatoms. The minimum Gasteiger partial charge on any atom is -0.456 e. The predicted molar refractivity (Wildman–Crippen MR) is 93.8 cm³/mol. The third-order valence-corrected chi connectivity index (χ3v) is 3.59. The first kappa shape index (κ1) is 15.8. The summed E-state index contributed by atoms with van der Waals surface area (Å²) >= 11 is 0. The van der Waals surface area contributed by atoms with Crippen molar-refractivity contribution in [1.82, 2.24) is 0 Å². The number of carbonyl (C=O) groups excluding carboxylic acids is 1. The average molecular weight is 318 g/mol. The number of hydrogen-bond acceptors (Lipinski definition) is 3. The van der Waals surface area contributed by atoms with Crippen LogP contribution >= 0.6 is 0 Å². The van der Waals surface area contributed by atoms with Crippen molar-refractivity contribution >= 4 is 5.97 Å². The number of rotatable bonds is 4. The minimum absolute atomic E-state index is 0.388. The zero-order valence-corrected chi connectivity index (χ0v) is 13.7. The van der Waals surface area contributed by atoms with Crippen molar-refractivity contribution in [2.24, 2.45) is 0 Å². The van der Waals surface area contributed by atoms with Gasteiger partial charge in [-0.25, -0.2) is 4.79 Å². The molecular formula is C21H18O3. The standard InChI is InChI=1S/C21H18O3/c1-15-7-11-17(12-8-15)23-20-6-4-3-5-19(20)21(22)24-18-13-9-16(2)10-14-18/h3-14H,1-2H3. The normalized spacial score (nSPS) is 10.2. The molecule has 0 saturated heterocycles. The third kappa shape index (κ3) is 3.82. The molecule has 0 aliphatic carbocycles. The van der Waals surface area contributed by atoms with Crippen LogP contribution in [0, 0.1) is 13.8 Å². The zero-order chi connectivity index (χ0) is 16.9. The molecule has 0 aliphatic rings. The number of benzene rings is 3. The second-order valence-electron chi connectivity index (χ2n) is 5.61. The Hall–Kier alpha value is -3.07. The fourth-order valence-electron chi connectivity index (χ4n) is 2.23. The van der Waals surface area contributed by atoms with Gasteiger partial charge in [-0.05, 0) is 50.2 Å². The maximum atomic E-state index is 12.5. The van der Waals surface area contributed by atoms with Gasteiger partial charge in [-0.3, -0.25) is 0 Å². The molecule has 0 heterocycles. The molecule has 0 fully saturated rings. The third-order valence-electron chi connectivity index (χ3n) is 3.59. The van der Waals surface area contributed by atoms with E-state index in [2.05, 4.69) is 0 Å². The topological polar surface area (TPSA) is 35.5 Å². The highest BCUT2D eigenvalue weighted by atomic mass is 16.5. The smallest absolute Gasteiger partial charge is 0.347 e. The summed E-state index contributed by atoms with van der Waals surface area (Å²) in [6, 6.07) is 22.1.